The molecule has 0 bridgehead atoms. The molecule has 0 atom stereocenters. The zero-order valence-corrected chi connectivity index (χ0v) is 7.94. The van der Waals surface area contributed by atoms with Gasteiger partial charge >= 0.3 is 5.97 Å². The van der Waals surface area contributed by atoms with Crippen LogP contribution in [0.1, 0.15) is 10.4 Å². The fourth-order valence-corrected chi connectivity index (χ4v) is 1.37. The topological polar surface area (TPSA) is 86.2 Å². The molecule has 0 unspecified atom stereocenters. The minimum Gasteiger partial charge on any atom is -0.504 e. The molecule has 6 heteroatoms. The van der Waals surface area contributed by atoms with Gasteiger partial charge in [0.25, 0.3) is 0 Å². The second-order valence-electron chi connectivity index (χ2n) is 3.10. The van der Waals surface area contributed by atoms with Gasteiger partial charge in [0.1, 0.15) is 5.56 Å². The van der Waals surface area contributed by atoms with Gasteiger partial charge in [-0.25, -0.2) is 9.18 Å². The Labute approximate surface area is 89.2 Å². The van der Waals surface area contributed by atoms with Crippen LogP contribution in [0.2, 0.25) is 0 Å². The number of aromatic amines is 1. The molecule has 0 spiro atoms. The third-order valence-electron chi connectivity index (χ3n) is 2.13. The molecule has 1 aromatic carbocycles. The summed E-state index contributed by atoms with van der Waals surface area (Å²) in [5.41, 5.74) is 0.0142. The summed E-state index contributed by atoms with van der Waals surface area (Å²) in [6.45, 7) is 0. The molecule has 0 aliphatic rings. The normalized spacial score (nSPS) is 10.3. The van der Waals surface area contributed by atoms with Crippen LogP contribution in [0.3, 0.4) is 0 Å². The van der Waals surface area contributed by atoms with Crippen molar-refractivity contribution in [2.24, 2.45) is 0 Å². The number of nitrogens with zero attached hydrogens (tertiary/aromatic N) is 1. The summed E-state index contributed by atoms with van der Waals surface area (Å²) in [5.74, 6) is -2.62. The molecule has 0 saturated carbocycles. The second-order valence-corrected chi connectivity index (χ2v) is 3.10. The first kappa shape index (κ1) is 10.2. The van der Waals surface area contributed by atoms with Crippen molar-refractivity contribution in [1.82, 2.24) is 10.2 Å². The standard InChI is InChI=1S/C10H7FN2O3/c11-7-3-1-2-5(9(7)14)8-6(10(15)16)4-12-13-8/h1-4,14H,(H,12,13)(H,15,16). The molecule has 82 valence electrons. The van der Waals surface area contributed by atoms with E-state index in [1.54, 1.807) is 0 Å². The van der Waals surface area contributed by atoms with Gasteiger partial charge in [-0.05, 0) is 12.1 Å². The van der Waals surface area contributed by atoms with E-state index in [4.69, 9.17) is 5.11 Å². The van der Waals surface area contributed by atoms with Crippen LogP contribution in [0.4, 0.5) is 4.39 Å². The molecule has 0 radical (unpaired) electrons. The van der Waals surface area contributed by atoms with Gasteiger partial charge < -0.3 is 10.2 Å². The number of carbonyl (C=O) groups is 1. The Kier molecular flexibility index (Phi) is 2.32. The highest BCUT2D eigenvalue weighted by molar-refractivity contribution is 5.95. The lowest BCUT2D eigenvalue weighted by Crippen LogP contribution is -1.97. The van der Waals surface area contributed by atoms with Gasteiger partial charge in [-0.15, -0.1) is 0 Å². The highest BCUT2D eigenvalue weighted by Crippen LogP contribution is 2.31. The Morgan fingerprint density at radius 2 is 2.19 bits per heavy atom. The Hall–Kier alpha value is -2.37. The molecule has 16 heavy (non-hydrogen) atoms. The van der Waals surface area contributed by atoms with Crippen molar-refractivity contribution in [1.29, 1.82) is 0 Å². The Bertz CT molecular complexity index is 551. The molecule has 0 fully saturated rings. The number of rotatable bonds is 2. The molecule has 5 nitrogen and oxygen atoms in total. The molecule has 2 aromatic rings. The minimum absolute atomic E-state index is 0.0647. The van der Waals surface area contributed by atoms with Crippen LogP contribution in [0.5, 0.6) is 5.75 Å². The van der Waals surface area contributed by atoms with E-state index in [1.807, 2.05) is 0 Å². The van der Waals surface area contributed by atoms with Crippen LogP contribution < -0.4 is 0 Å². The van der Waals surface area contributed by atoms with Crippen molar-refractivity contribution >= 4 is 5.97 Å². The first-order valence-electron chi connectivity index (χ1n) is 4.35. The summed E-state index contributed by atoms with van der Waals surface area (Å²) in [4.78, 5) is 10.8. The number of hydrogen-bond acceptors (Lipinski definition) is 3. The number of aromatic nitrogens is 2. The van der Waals surface area contributed by atoms with E-state index < -0.39 is 17.5 Å². The summed E-state index contributed by atoms with van der Waals surface area (Å²) in [7, 11) is 0. The van der Waals surface area contributed by atoms with E-state index in [0.29, 0.717) is 0 Å². The number of carboxylic acid groups (broad SMARTS) is 1. The van der Waals surface area contributed by atoms with Crippen molar-refractivity contribution in [3.63, 3.8) is 0 Å². The Balaban J connectivity index is 2.63. The number of hydrogen-bond donors (Lipinski definition) is 3. The van der Waals surface area contributed by atoms with Crippen LogP contribution in [0.15, 0.2) is 24.4 Å². The molecule has 0 amide bonds. The van der Waals surface area contributed by atoms with E-state index in [2.05, 4.69) is 10.2 Å². The molecule has 0 aliphatic carbocycles. The molecule has 1 aromatic heterocycles. The van der Waals surface area contributed by atoms with Gasteiger partial charge in [-0.1, -0.05) is 6.07 Å². The summed E-state index contributed by atoms with van der Waals surface area (Å²) in [6.07, 6.45) is 1.10. The number of aromatic hydroxyl groups is 1. The number of phenols is 1. The lowest BCUT2D eigenvalue weighted by atomic mass is 10.1. The fraction of sp³-hybridized carbons (Fsp3) is 0. The van der Waals surface area contributed by atoms with E-state index in [-0.39, 0.29) is 16.8 Å². The number of benzene rings is 1. The maximum absolute atomic E-state index is 13.1. The summed E-state index contributed by atoms with van der Waals surface area (Å²) < 4.78 is 13.1. The minimum atomic E-state index is -1.20. The number of para-hydroxylation sites is 1. The number of nitrogens with one attached hydrogen (secondary N) is 1. The fourth-order valence-electron chi connectivity index (χ4n) is 1.37. The van der Waals surface area contributed by atoms with Crippen LogP contribution >= 0.6 is 0 Å². The van der Waals surface area contributed by atoms with Gasteiger partial charge in [-0.2, -0.15) is 5.10 Å². The van der Waals surface area contributed by atoms with Crippen LogP contribution in [0.25, 0.3) is 11.3 Å². The Morgan fingerprint density at radius 3 is 2.88 bits per heavy atom. The maximum atomic E-state index is 13.1. The Morgan fingerprint density at radius 1 is 1.44 bits per heavy atom. The number of halogens is 1. The SMILES string of the molecule is O=C(O)c1cn[nH]c1-c1cccc(F)c1O. The second kappa shape index (κ2) is 3.65. The predicted octanol–water partition coefficient (Wildman–Crippen LogP) is 1.62. The lowest BCUT2D eigenvalue weighted by Gasteiger charge is -2.03. The smallest absolute Gasteiger partial charge is 0.339 e. The number of H-pyrrole nitrogens is 1. The third-order valence-corrected chi connectivity index (χ3v) is 2.13. The number of aromatic carboxylic acids is 1. The van der Waals surface area contributed by atoms with Crippen LogP contribution in [-0.2, 0) is 0 Å². The van der Waals surface area contributed by atoms with E-state index in [1.165, 1.54) is 12.1 Å². The van der Waals surface area contributed by atoms with Gasteiger partial charge in [0.15, 0.2) is 11.6 Å². The van der Waals surface area contributed by atoms with Crippen LogP contribution in [-0.4, -0.2) is 26.4 Å². The summed E-state index contributed by atoms with van der Waals surface area (Å²) in [5, 5.41) is 24.3. The zero-order chi connectivity index (χ0) is 11.7. The first-order chi connectivity index (χ1) is 7.61. The van der Waals surface area contributed by atoms with Crippen LogP contribution in [0, 0.1) is 5.82 Å². The van der Waals surface area contributed by atoms with Crippen molar-refractivity contribution in [2.75, 3.05) is 0 Å². The van der Waals surface area contributed by atoms with Crippen molar-refractivity contribution < 1.29 is 19.4 Å². The number of phenolic OH excluding ortho intramolecular Hbond substituents is 1. The van der Waals surface area contributed by atoms with Crippen molar-refractivity contribution in [3.05, 3.63) is 35.8 Å². The van der Waals surface area contributed by atoms with E-state index >= 15 is 0 Å². The van der Waals surface area contributed by atoms with Crippen molar-refractivity contribution in [2.45, 2.75) is 0 Å². The van der Waals surface area contributed by atoms with Gasteiger partial charge in [0.2, 0.25) is 0 Å². The lowest BCUT2D eigenvalue weighted by molar-refractivity contribution is 0.0698. The molecular weight excluding hydrogens is 215 g/mol. The largest absolute Gasteiger partial charge is 0.504 e. The number of carboxylic acids is 1. The molecule has 0 aliphatic heterocycles. The molecule has 0 saturated heterocycles. The van der Waals surface area contributed by atoms with Gasteiger partial charge in [-0.3, -0.25) is 5.10 Å². The average Bonchev–Trinajstić information content (AvgIpc) is 2.70. The monoisotopic (exact) mass is 222 g/mol. The predicted molar refractivity (Wildman–Crippen MR) is 52.6 cm³/mol. The van der Waals surface area contributed by atoms with Gasteiger partial charge in [0.05, 0.1) is 11.9 Å². The summed E-state index contributed by atoms with van der Waals surface area (Å²) in [6, 6.07) is 3.85. The highest BCUT2D eigenvalue weighted by Gasteiger charge is 2.18. The first-order valence-corrected chi connectivity index (χ1v) is 4.35. The third kappa shape index (κ3) is 1.50. The summed E-state index contributed by atoms with van der Waals surface area (Å²) >= 11 is 0. The zero-order valence-electron chi connectivity index (χ0n) is 7.94. The molecule has 1 heterocycles. The van der Waals surface area contributed by atoms with E-state index in [9.17, 15) is 14.3 Å². The van der Waals surface area contributed by atoms with Gasteiger partial charge in [0, 0.05) is 5.56 Å². The highest BCUT2D eigenvalue weighted by atomic mass is 19.1. The molecule has 3 N–H and O–H groups in total. The molecule has 2 rings (SSSR count). The van der Waals surface area contributed by atoms with Crippen molar-refractivity contribution in [3.8, 4) is 17.0 Å². The molecular formula is C10H7FN2O3. The van der Waals surface area contributed by atoms with E-state index in [0.717, 1.165) is 12.3 Å². The average molecular weight is 222 g/mol. The quantitative estimate of drug-likeness (QED) is 0.720. The maximum Gasteiger partial charge on any atom is 0.339 e.